The van der Waals surface area contributed by atoms with Crippen molar-refractivity contribution >= 4 is 23.8 Å². The zero-order valence-corrected chi connectivity index (χ0v) is 32.0. The number of hydrogen-bond acceptors (Lipinski definition) is 14. The van der Waals surface area contributed by atoms with Gasteiger partial charge in [0.25, 0.3) is 0 Å². The average molecular weight is 778 g/mol. The first kappa shape index (κ1) is 39.2. The number of fused-ring (bicyclic) bond motifs is 3. The number of ether oxygens (including phenoxy) is 5. The number of nitrogens with zero attached hydrogens (tertiary/aromatic N) is 2. The van der Waals surface area contributed by atoms with E-state index in [1.54, 1.807) is 27.7 Å². The van der Waals surface area contributed by atoms with Gasteiger partial charge in [-0.05, 0) is 52.0 Å². The molecule has 0 radical (unpaired) electrons. The lowest BCUT2D eigenvalue weighted by Gasteiger charge is -2.45. The van der Waals surface area contributed by atoms with Crippen LogP contribution in [0.4, 0.5) is 9.59 Å². The van der Waals surface area contributed by atoms with Crippen molar-refractivity contribution in [3.8, 4) is 17.2 Å². The number of benzene rings is 2. The predicted octanol–water partition coefficient (Wildman–Crippen LogP) is 4.10. The molecule has 5 N–H and O–H groups in total. The number of hydrogen-bond donors (Lipinski definition) is 5. The van der Waals surface area contributed by atoms with Crippen molar-refractivity contribution in [2.24, 2.45) is 5.92 Å². The van der Waals surface area contributed by atoms with Gasteiger partial charge in [-0.2, -0.15) is 0 Å². The van der Waals surface area contributed by atoms with Gasteiger partial charge in [0.2, 0.25) is 5.78 Å². The van der Waals surface area contributed by atoms with Gasteiger partial charge in [-0.25, -0.2) is 19.1 Å². The zero-order valence-electron chi connectivity index (χ0n) is 32.0. The summed E-state index contributed by atoms with van der Waals surface area (Å²) >= 11 is 0. The van der Waals surface area contributed by atoms with Crippen molar-refractivity contribution in [1.82, 2.24) is 14.9 Å². The molecule has 300 valence electrons. The molecule has 1 aromatic heterocycles. The van der Waals surface area contributed by atoms with Gasteiger partial charge in [0.05, 0.1) is 54.3 Å². The van der Waals surface area contributed by atoms with Gasteiger partial charge in [-0.3, -0.25) is 9.59 Å². The van der Waals surface area contributed by atoms with Crippen LogP contribution in [0.5, 0.6) is 17.2 Å². The van der Waals surface area contributed by atoms with Crippen LogP contribution >= 0.6 is 0 Å². The Morgan fingerprint density at radius 3 is 2.46 bits per heavy atom. The van der Waals surface area contributed by atoms with Crippen LogP contribution in [0.15, 0.2) is 36.9 Å². The molecule has 2 heterocycles. The molecule has 7 rings (SSSR count). The molecular formula is C40H47N3O13. The molecule has 3 aliphatic carbocycles. The van der Waals surface area contributed by atoms with Crippen LogP contribution in [0, 0.1) is 5.92 Å². The number of aliphatic hydroxyl groups is 2. The molecule has 8 atom stereocenters. The Kier molecular flexibility index (Phi) is 9.92. The predicted molar refractivity (Wildman–Crippen MR) is 195 cm³/mol. The minimum absolute atomic E-state index is 0.0138. The molecular weight excluding hydrogens is 730 g/mol. The largest absolute Gasteiger partial charge is 0.507 e. The lowest BCUT2D eigenvalue weighted by atomic mass is 9.68. The number of nitrogens with one attached hydrogen (secondary N) is 1. The summed E-state index contributed by atoms with van der Waals surface area (Å²) in [6.45, 7) is 8.36. The number of phenols is 2. The summed E-state index contributed by atoms with van der Waals surface area (Å²) in [6.07, 6.45) is -0.821. The Morgan fingerprint density at radius 1 is 1.09 bits per heavy atom. The Labute approximate surface area is 322 Å². The molecule has 1 amide bonds. The lowest BCUT2D eigenvalue weighted by Crippen LogP contribution is -2.56. The third-order valence-electron chi connectivity index (χ3n) is 11.4. The summed E-state index contributed by atoms with van der Waals surface area (Å²) in [4.78, 5) is 57.9. The second-order valence-electron chi connectivity index (χ2n) is 16.2. The lowest BCUT2D eigenvalue weighted by molar-refractivity contribution is -0.136. The Bertz CT molecular complexity index is 2080. The maximum Gasteiger partial charge on any atom is 0.419 e. The topological polar surface area (TPSA) is 228 Å². The summed E-state index contributed by atoms with van der Waals surface area (Å²) in [5.74, 6) is -3.01. The minimum atomic E-state index is -1.93. The van der Waals surface area contributed by atoms with Crippen molar-refractivity contribution in [3.05, 3.63) is 70.3 Å². The highest BCUT2D eigenvalue weighted by atomic mass is 16.7. The number of aliphatic hydroxyl groups excluding tert-OH is 1. The molecule has 2 aromatic carbocycles. The highest BCUT2D eigenvalue weighted by molar-refractivity contribution is 6.31. The quantitative estimate of drug-likeness (QED) is 0.125. The zero-order chi connectivity index (χ0) is 40.5. The fourth-order valence-corrected chi connectivity index (χ4v) is 8.69. The molecule has 2 fully saturated rings. The summed E-state index contributed by atoms with van der Waals surface area (Å²) in [5, 5.41) is 50.8. The number of methoxy groups -OCH3 is 1. The molecule has 16 heteroatoms. The normalized spacial score (nSPS) is 29.4. The van der Waals surface area contributed by atoms with E-state index >= 15 is 0 Å². The second-order valence-corrected chi connectivity index (χ2v) is 16.2. The summed E-state index contributed by atoms with van der Waals surface area (Å²) < 4.78 is 30.5. The first-order valence-electron chi connectivity index (χ1n) is 18.7. The standard InChI is InChI=1S/C40H47N3O13/c1-7-26-40(55-26,17-53-37(50)43-12-11-41-18-43)39(51)15-22-28(25(16-39)54-20-13-19(2)31(44)23(14-20)42-36(49)56-38(3,4)5)35(48)30-29(33(22)46)32(45)21-9-8-10-24(52-6)27(21)34(30)47/h8-12,18-20,23,25-26,31,44,46,48,51H,7,13-17H2,1-6H3,(H,42,49). The number of carbonyl (C=O) groups excluding carboxylic acids is 4. The van der Waals surface area contributed by atoms with E-state index in [1.807, 2.05) is 6.92 Å². The number of aromatic nitrogens is 2. The molecule has 3 aromatic rings. The van der Waals surface area contributed by atoms with Gasteiger partial charge in [0, 0.05) is 41.9 Å². The Morgan fingerprint density at radius 2 is 1.82 bits per heavy atom. The number of phenolic OH excluding ortho intramolecular Hbond substituents is 2. The van der Waals surface area contributed by atoms with Crippen LogP contribution in [0.1, 0.15) is 109 Å². The number of imidazole rings is 1. The van der Waals surface area contributed by atoms with E-state index < -0.39 is 106 Å². The van der Waals surface area contributed by atoms with Gasteiger partial charge in [0.15, 0.2) is 11.4 Å². The van der Waals surface area contributed by atoms with Crippen LogP contribution in [-0.4, -0.2) is 109 Å². The van der Waals surface area contributed by atoms with Gasteiger partial charge in [-0.15, -0.1) is 0 Å². The molecule has 1 saturated heterocycles. The minimum Gasteiger partial charge on any atom is -0.507 e. The van der Waals surface area contributed by atoms with Crippen molar-refractivity contribution < 1.29 is 63.3 Å². The molecule has 8 unspecified atom stereocenters. The van der Waals surface area contributed by atoms with E-state index in [0.717, 1.165) is 4.57 Å². The number of aromatic hydroxyl groups is 2. The number of ketones is 2. The van der Waals surface area contributed by atoms with E-state index in [9.17, 15) is 39.6 Å². The highest BCUT2D eigenvalue weighted by Crippen LogP contribution is 2.59. The number of alkyl carbamates (subject to hydrolysis) is 1. The van der Waals surface area contributed by atoms with Gasteiger partial charge in [0.1, 0.15) is 41.4 Å². The average Bonchev–Trinajstić information content (AvgIpc) is 3.61. The maximum atomic E-state index is 14.2. The third kappa shape index (κ3) is 6.57. The van der Waals surface area contributed by atoms with Crippen LogP contribution in [0.3, 0.4) is 0 Å². The van der Waals surface area contributed by atoms with E-state index in [2.05, 4.69) is 10.3 Å². The first-order chi connectivity index (χ1) is 26.4. The van der Waals surface area contributed by atoms with Crippen LogP contribution < -0.4 is 10.1 Å². The number of epoxide rings is 1. The molecule has 1 saturated carbocycles. The first-order valence-corrected chi connectivity index (χ1v) is 18.7. The molecule has 56 heavy (non-hydrogen) atoms. The Hall–Kier alpha value is -5.03. The van der Waals surface area contributed by atoms with E-state index in [-0.39, 0.29) is 47.3 Å². The fourth-order valence-electron chi connectivity index (χ4n) is 8.69. The van der Waals surface area contributed by atoms with Crippen molar-refractivity contribution in [2.75, 3.05) is 13.7 Å². The van der Waals surface area contributed by atoms with Crippen molar-refractivity contribution in [2.45, 2.75) is 114 Å². The second kappa shape index (κ2) is 14.2. The summed E-state index contributed by atoms with van der Waals surface area (Å²) in [5.41, 5.74) is -5.28. The molecule has 0 spiro atoms. The molecule has 1 aliphatic heterocycles. The monoisotopic (exact) mass is 777 g/mol. The van der Waals surface area contributed by atoms with Crippen molar-refractivity contribution in [3.63, 3.8) is 0 Å². The van der Waals surface area contributed by atoms with Crippen molar-refractivity contribution in [1.29, 1.82) is 0 Å². The Balaban J connectivity index is 1.31. The van der Waals surface area contributed by atoms with E-state index in [1.165, 1.54) is 44.0 Å². The molecule has 0 bridgehead atoms. The van der Waals surface area contributed by atoms with Crippen LogP contribution in [0.25, 0.3) is 0 Å². The summed E-state index contributed by atoms with van der Waals surface area (Å²) in [6, 6.07) is 3.66. The van der Waals surface area contributed by atoms with Gasteiger partial charge < -0.3 is 49.4 Å². The number of rotatable bonds is 8. The van der Waals surface area contributed by atoms with Gasteiger partial charge >= 0.3 is 12.2 Å². The van der Waals surface area contributed by atoms with E-state index in [0.29, 0.717) is 12.8 Å². The fraction of sp³-hybridized carbons (Fsp3) is 0.525. The molecule has 4 aliphatic rings. The van der Waals surface area contributed by atoms with E-state index in [4.69, 9.17) is 23.7 Å². The highest BCUT2D eigenvalue weighted by Gasteiger charge is 2.70. The third-order valence-corrected chi connectivity index (χ3v) is 11.4. The summed E-state index contributed by atoms with van der Waals surface area (Å²) in [7, 11) is 1.34. The van der Waals surface area contributed by atoms with Crippen LogP contribution in [-0.2, 0) is 25.4 Å². The molecule has 16 nitrogen and oxygen atoms in total. The SMILES string of the molecule is CCC1OC1(COC(=O)n1ccnc1)C1(O)Cc2c(O)c3c(c(O)c2C(OC2CC(C)C(O)C(NC(=O)OC(C)(C)C)C2)C1)C(=O)c1c(OC)cccc1C3=O. The van der Waals surface area contributed by atoms with Gasteiger partial charge in [-0.1, -0.05) is 26.0 Å². The number of amides is 1. The maximum absolute atomic E-state index is 14.2. The number of carbonyl (C=O) groups is 4. The smallest absolute Gasteiger partial charge is 0.419 e. The van der Waals surface area contributed by atoms with Crippen LogP contribution in [0.2, 0.25) is 0 Å².